The predicted octanol–water partition coefficient (Wildman–Crippen LogP) is 3.53. The van der Waals surface area contributed by atoms with Gasteiger partial charge in [0.15, 0.2) is 5.82 Å². The summed E-state index contributed by atoms with van der Waals surface area (Å²) in [6.45, 7) is 13.2. The average molecular weight is 383 g/mol. The van der Waals surface area contributed by atoms with E-state index >= 15 is 0 Å². The number of hydrogen-bond donors (Lipinski definition) is 1. The van der Waals surface area contributed by atoms with Gasteiger partial charge in [0.05, 0.1) is 6.20 Å². The number of nitrogens with one attached hydrogen (secondary N) is 1. The second-order valence-corrected chi connectivity index (χ2v) is 7.88. The fourth-order valence-electron chi connectivity index (χ4n) is 3.53. The Morgan fingerprint density at radius 1 is 1.04 bits per heavy atom. The molecule has 0 unspecified atom stereocenters. The standard InChI is InChI=1S/C21H30N6O/c1-14(2)17-7-6-8-18(15(3)4)20(17)23-19-13-22-25-21(24-19)27-11-9-26(10-12-27)16(5)28/h6-8,13-15H,9-12H2,1-5H3,(H,23,24,25). The minimum absolute atomic E-state index is 0.112. The van der Waals surface area contributed by atoms with Gasteiger partial charge in [0, 0.05) is 38.8 Å². The number of para-hydroxylation sites is 1. The minimum atomic E-state index is 0.112. The van der Waals surface area contributed by atoms with Crippen LogP contribution in [0.3, 0.4) is 0 Å². The summed E-state index contributed by atoms with van der Waals surface area (Å²) in [6, 6.07) is 6.44. The molecule has 0 aliphatic carbocycles. The number of carbonyl (C=O) groups excluding carboxylic acids is 1. The van der Waals surface area contributed by atoms with Crippen LogP contribution in [0.4, 0.5) is 17.5 Å². The van der Waals surface area contributed by atoms with Crippen LogP contribution < -0.4 is 10.2 Å². The molecule has 2 heterocycles. The fourth-order valence-corrected chi connectivity index (χ4v) is 3.53. The second-order valence-electron chi connectivity index (χ2n) is 7.88. The molecule has 1 fully saturated rings. The Labute approximate surface area is 167 Å². The number of hydrogen-bond acceptors (Lipinski definition) is 6. The van der Waals surface area contributed by atoms with Gasteiger partial charge in [0.1, 0.15) is 0 Å². The molecule has 1 aliphatic rings. The Morgan fingerprint density at radius 3 is 2.18 bits per heavy atom. The Kier molecular flexibility index (Phi) is 6.11. The van der Waals surface area contributed by atoms with Crippen LogP contribution in [0.1, 0.15) is 57.6 Å². The van der Waals surface area contributed by atoms with Crippen molar-refractivity contribution in [2.45, 2.75) is 46.5 Å². The van der Waals surface area contributed by atoms with Gasteiger partial charge in [-0.25, -0.2) is 0 Å². The minimum Gasteiger partial charge on any atom is -0.339 e. The molecule has 1 N–H and O–H groups in total. The van der Waals surface area contributed by atoms with E-state index in [2.05, 4.69) is 66.3 Å². The molecule has 0 spiro atoms. The van der Waals surface area contributed by atoms with Crippen molar-refractivity contribution in [1.82, 2.24) is 20.1 Å². The van der Waals surface area contributed by atoms with Crippen LogP contribution >= 0.6 is 0 Å². The molecule has 1 amide bonds. The highest BCUT2D eigenvalue weighted by Crippen LogP contribution is 2.34. The van der Waals surface area contributed by atoms with Gasteiger partial charge in [-0.1, -0.05) is 45.9 Å². The molecule has 0 radical (unpaired) electrons. The molecule has 0 atom stereocenters. The summed E-state index contributed by atoms with van der Waals surface area (Å²) < 4.78 is 0. The Balaban J connectivity index is 1.84. The zero-order chi connectivity index (χ0) is 20.3. The second kappa shape index (κ2) is 8.54. The third-order valence-corrected chi connectivity index (χ3v) is 5.18. The number of benzene rings is 1. The normalized spacial score (nSPS) is 14.7. The monoisotopic (exact) mass is 382 g/mol. The quantitative estimate of drug-likeness (QED) is 0.853. The smallest absolute Gasteiger partial charge is 0.247 e. The van der Waals surface area contributed by atoms with Crippen LogP contribution in [-0.4, -0.2) is 52.2 Å². The van der Waals surface area contributed by atoms with Crippen LogP contribution in [-0.2, 0) is 4.79 Å². The van der Waals surface area contributed by atoms with Crippen LogP contribution in [0.25, 0.3) is 0 Å². The molecule has 28 heavy (non-hydrogen) atoms. The number of amides is 1. The van der Waals surface area contributed by atoms with E-state index in [4.69, 9.17) is 4.98 Å². The van der Waals surface area contributed by atoms with E-state index in [1.807, 2.05) is 4.90 Å². The molecular weight excluding hydrogens is 352 g/mol. The largest absolute Gasteiger partial charge is 0.339 e. The predicted molar refractivity (Wildman–Crippen MR) is 112 cm³/mol. The first-order valence-corrected chi connectivity index (χ1v) is 9.96. The van der Waals surface area contributed by atoms with Crippen molar-refractivity contribution in [3.63, 3.8) is 0 Å². The van der Waals surface area contributed by atoms with Crippen molar-refractivity contribution in [2.24, 2.45) is 0 Å². The van der Waals surface area contributed by atoms with Gasteiger partial charge in [0.2, 0.25) is 11.9 Å². The molecule has 7 heteroatoms. The lowest BCUT2D eigenvalue weighted by Crippen LogP contribution is -2.48. The lowest BCUT2D eigenvalue weighted by atomic mass is 9.92. The van der Waals surface area contributed by atoms with Crippen LogP contribution in [0.5, 0.6) is 0 Å². The third-order valence-electron chi connectivity index (χ3n) is 5.18. The van der Waals surface area contributed by atoms with Gasteiger partial charge >= 0.3 is 0 Å². The summed E-state index contributed by atoms with van der Waals surface area (Å²) in [7, 11) is 0. The number of nitrogens with zero attached hydrogens (tertiary/aromatic N) is 5. The van der Waals surface area contributed by atoms with Crippen molar-refractivity contribution < 1.29 is 4.79 Å². The average Bonchev–Trinajstić information content (AvgIpc) is 2.68. The Morgan fingerprint density at radius 2 is 1.64 bits per heavy atom. The van der Waals surface area contributed by atoms with Gasteiger partial charge < -0.3 is 15.1 Å². The van der Waals surface area contributed by atoms with Crippen molar-refractivity contribution in [2.75, 3.05) is 36.4 Å². The van der Waals surface area contributed by atoms with Gasteiger partial charge in [-0.05, 0) is 23.0 Å². The molecule has 1 saturated heterocycles. The summed E-state index contributed by atoms with van der Waals surface area (Å²) in [5.74, 6) is 2.20. The van der Waals surface area contributed by atoms with Gasteiger partial charge in [-0.15, -0.1) is 5.10 Å². The van der Waals surface area contributed by atoms with Crippen molar-refractivity contribution in [3.8, 4) is 0 Å². The first-order chi connectivity index (χ1) is 13.4. The third kappa shape index (κ3) is 4.40. The summed E-state index contributed by atoms with van der Waals surface area (Å²) in [4.78, 5) is 20.2. The van der Waals surface area contributed by atoms with Crippen molar-refractivity contribution in [1.29, 1.82) is 0 Å². The molecule has 1 aromatic heterocycles. The number of piperazine rings is 1. The number of carbonyl (C=O) groups is 1. The highest BCUT2D eigenvalue weighted by atomic mass is 16.2. The highest BCUT2D eigenvalue weighted by Gasteiger charge is 2.21. The SMILES string of the molecule is CC(=O)N1CCN(c2nncc(Nc3c(C(C)C)cccc3C(C)C)n2)CC1. The van der Waals surface area contributed by atoms with Crippen LogP contribution in [0.15, 0.2) is 24.4 Å². The Bertz CT molecular complexity index is 801. The number of rotatable bonds is 5. The summed E-state index contributed by atoms with van der Waals surface area (Å²) >= 11 is 0. The number of anilines is 3. The molecule has 150 valence electrons. The zero-order valence-corrected chi connectivity index (χ0v) is 17.4. The summed E-state index contributed by atoms with van der Waals surface area (Å²) in [6.07, 6.45) is 1.66. The maximum absolute atomic E-state index is 11.5. The van der Waals surface area contributed by atoms with E-state index in [1.165, 1.54) is 11.1 Å². The summed E-state index contributed by atoms with van der Waals surface area (Å²) in [5, 5.41) is 11.9. The molecule has 2 aromatic rings. The lowest BCUT2D eigenvalue weighted by molar-refractivity contribution is -0.129. The van der Waals surface area contributed by atoms with Crippen molar-refractivity contribution in [3.05, 3.63) is 35.5 Å². The molecule has 0 saturated carbocycles. The first kappa shape index (κ1) is 20.0. The maximum atomic E-state index is 11.5. The summed E-state index contributed by atoms with van der Waals surface area (Å²) in [5.41, 5.74) is 3.64. The van der Waals surface area contributed by atoms with E-state index in [0.717, 1.165) is 5.69 Å². The highest BCUT2D eigenvalue weighted by molar-refractivity contribution is 5.73. The molecule has 1 aliphatic heterocycles. The van der Waals surface area contributed by atoms with E-state index in [0.29, 0.717) is 49.8 Å². The van der Waals surface area contributed by atoms with Gasteiger partial charge in [0.25, 0.3) is 0 Å². The van der Waals surface area contributed by atoms with Gasteiger partial charge in [-0.3, -0.25) is 4.79 Å². The first-order valence-electron chi connectivity index (χ1n) is 9.96. The van der Waals surface area contributed by atoms with Gasteiger partial charge in [-0.2, -0.15) is 10.1 Å². The van der Waals surface area contributed by atoms with Crippen LogP contribution in [0, 0.1) is 0 Å². The van der Waals surface area contributed by atoms with E-state index < -0.39 is 0 Å². The molecule has 0 bridgehead atoms. The van der Waals surface area contributed by atoms with E-state index in [-0.39, 0.29) is 5.91 Å². The number of aromatic nitrogens is 3. The zero-order valence-electron chi connectivity index (χ0n) is 17.4. The molecule has 1 aromatic carbocycles. The molecule has 3 rings (SSSR count). The molecular formula is C21H30N6O. The fraction of sp³-hybridized carbons (Fsp3) is 0.524. The van der Waals surface area contributed by atoms with E-state index in [1.54, 1.807) is 13.1 Å². The van der Waals surface area contributed by atoms with Crippen molar-refractivity contribution >= 4 is 23.4 Å². The lowest BCUT2D eigenvalue weighted by Gasteiger charge is -2.34. The van der Waals surface area contributed by atoms with E-state index in [9.17, 15) is 4.79 Å². The van der Waals surface area contributed by atoms with Crippen LogP contribution in [0.2, 0.25) is 0 Å². The molecule has 7 nitrogen and oxygen atoms in total. The Hall–Kier alpha value is -2.70. The maximum Gasteiger partial charge on any atom is 0.247 e. The topological polar surface area (TPSA) is 74.2 Å².